The summed E-state index contributed by atoms with van der Waals surface area (Å²) in [5.41, 5.74) is -0.335. The molecule has 9 nitrogen and oxygen atoms in total. The standard InChI is InChI=1S/C14H23N5O4S/c1-8(2)15-12(21)16-11(20)9(3)24-14-18-17-13(22)19(14)7-10-5-4-6-23-10/h8-10H,4-7H2,1-3H3,(H,17,22)(H2,15,16,20,21)/t9-,10-/m1/s1. The summed E-state index contributed by atoms with van der Waals surface area (Å²) in [6.45, 7) is 6.35. The van der Waals surface area contributed by atoms with E-state index in [1.807, 2.05) is 0 Å². The Hall–Kier alpha value is -1.81. The van der Waals surface area contributed by atoms with E-state index in [2.05, 4.69) is 20.8 Å². The van der Waals surface area contributed by atoms with Crippen LogP contribution in [-0.2, 0) is 16.1 Å². The fraction of sp³-hybridized carbons (Fsp3) is 0.714. The second-order valence-electron chi connectivity index (χ2n) is 5.93. The van der Waals surface area contributed by atoms with Gasteiger partial charge in [-0.05, 0) is 33.6 Å². The number of aromatic amines is 1. The Balaban J connectivity index is 1.95. The number of imide groups is 1. The van der Waals surface area contributed by atoms with E-state index >= 15 is 0 Å². The van der Waals surface area contributed by atoms with Crippen LogP contribution >= 0.6 is 11.8 Å². The molecule has 1 aliphatic heterocycles. The first-order valence-corrected chi connectivity index (χ1v) is 8.79. The number of amides is 3. The summed E-state index contributed by atoms with van der Waals surface area (Å²) in [4.78, 5) is 35.5. The first kappa shape index (κ1) is 18.5. The van der Waals surface area contributed by atoms with E-state index in [-0.39, 0.29) is 17.8 Å². The van der Waals surface area contributed by atoms with Crippen LogP contribution in [-0.4, -0.2) is 50.7 Å². The van der Waals surface area contributed by atoms with Crippen molar-refractivity contribution >= 4 is 23.7 Å². The SMILES string of the molecule is CC(C)NC(=O)NC(=O)[C@@H](C)Sc1n[nH]c(=O)n1C[C@H]1CCCO1. The van der Waals surface area contributed by atoms with Crippen molar-refractivity contribution in [3.63, 3.8) is 0 Å². The molecule has 24 heavy (non-hydrogen) atoms. The Labute approximate surface area is 143 Å². The highest BCUT2D eigenvalue weighted by atomic mass is 32.2. The number of aromatic nitrogens is 3. The van der Waals surface area contributed by atoms with E-state index in [0.717, 1.165) is 24.6 Å². The lowest BCUT2D eigenvalue weighted by molar-refractivity contribution is -0.119. The van der Waals surface area contributed by atoms with Crippen molar-refractivity contribution in [3.8, 4) is 0 Å². The van der Waals surface area contributed by atoms with Crippen LogP contribution in [0.15, 0.2) is 9.95 Å². The van der Waals surface area contributed by atoms with Crippen molar-refractivity contribution in [1.29, 1.82) is 0 Å². The van der Waals surface area contributed by atoms with Gasteiger partial charge >= 0.3 is 11.7 Å². The molecule has 2 atom stereocenters. The zero-order valence-electron chi connectivity index (χ0n) is 14.0. The van der Waals surface area contributed by atoms with Crippen LogP contribution in [0, 0.1) is 0 Å². The second kappa shape index (κ2) is 8.34. The smallest absolute Gasteiger partial charge is 0.344 e. The Morgan fingerprint density at radius 3 is 2.83 bits per heavy atom. The highest BCUT2D eigenvalue weighted by molar-refractivity contribution is 8.00. The average Bonchev–Trinajstić information content (AvgIpc) is 3.11. The minimum Gasteiger partial charge on any atom is -0.376 e. The topological polar surface area (TPSA) is 118 Å². The third kappa shape index (κ3) is 5.10. The van der Waals surface area contributed by atoms with Crippen LogP contribution in [0.1, 0.15) is 33.6 Å². The number of hydrogen-bond acceptors (Lipinski definition) is 6. The molecular weight excluding hydrogens is 334 g/mol. The van der Waals surface area contributed by atoms with Crippen molar-refractivity contribution < 1.29 is 14.3 Å². The molecule has 1 fully saturated rings. The highest BCUT2D eigenvalue weighted by Crippen LogP contribution is 2.21. The Morgan fingerprint density at radius 2 is 2.21 bits per heavy atom. The summed E-state index contributed by atoms with van der Waals surface area (Å²) in [5.74, 6) is -0.447. The van der Waals surface area contributed by atoms with Crippen LogP contribution < -0.4 is 16.3 Å². The van der Waals surface area contributed by atoms with Crippen LogP contribution in [0.25, 0.3) is 0 Å². The van der Waals surface area contributed by atoms with Gasteiger partial charge in [0.25, 0.3) is 0 Å². The first-order chi connectivity index (χ1) is 11.4. The van der Waals surface area contributed by atoms with Gasteiger partial charge in [-0.15, -0.1) is 5.10 Å². The number of ether oxygens (including phenoxy) is 1. The van der Waals surface area contributed by atoms with Crippen molar-refractivity contribution in [2.75, 3.05) is 6.61 Å². The quantitative estimate of drug-likeness (QED) is 0.637. The Bertz CT molecular complexity index is 635. The summed E-state index contributed by atoms with van der Waals surface area (Å²) in [6.07, 6.45) is 1.86. The highest BCUT2D eigenvalue weighted by Gasteiger charge is 2.23. The predicted octanol–water partition coefficient (Wildman–Crippen LogP) is 0.465. The van der Waals surface area contributed by atoms with Gasteiger partial charge < -0.3 is 10.1 Å². The minimum absolute atomic E-state index is 0.0133. The maximum atomic E-state index is 12.1. The molecule has 0 bridgehead atoms. The van der Waals surface area contributed by atoms with Gasteiger partial charge in [0, 0.05) is 12.6 Å². The van der Waals surface area contributed by atoms with Gasteiger partial charge in [0.15, 0.2) is 5.16 Å². The molecule has 0 saturated carbocycles. The fourth-order valence-corrected chi connectivity index (χ4v) is 3.13. The normalized spacial score (nSPS) is 18.6. The van der Waals surface area contributed by atoms with Crippen LogP contribution in [0.4, 0.5) is 4.79 Å². The predicted molar refractivity (Wildman–Crippen MR) is 89.0 cm³/mol. The van der Waals surface area contributed by atoms with Crippen LogP contribution in [0.5, 0.6) is 0 Å². The Kier molecular flexibility index (Phi) is 6.44. The number of carbonyl (C=O) groups excluding carboxylic acids is 2. The van der Waals surface area contributed by atoms with E-state index in [9.17, 15) is 14.4 Å². The maximum Gasteiger partial charge on any atom is 0.344 e. The van der Waals surface area contributed by atoms with E-state index < -0.39 is 17.2 Å². The molecule has 1 aromatic heterocycles. The largest absolute Gasteiger partial charge is 0.376 e. The molecular formula is C14H23N5O4S. The van der Waals surface area contributed by atoms with Gasteiger partial charge in [-0.2, -0.15) is 0 Å². The molecule has 1 saturated heterocycles. The molecule has 3 N–H and O–H groups in total. The molecule has 1 aromatic rings. The Morgan fingerprint density at radius 1 is 1.46 bits per heavy atom. The summed E-state index contributed by atoms with van der Waals surface area (Å²) in [6, 6.07) is -0.607. The third-order valence-corrected chi connectivity index (χ3v) is 4.53. The van der Waals surface area contributed by atoms with E-state index in [1.165, 1.54) is 4.57 Å². The van der Waals surface area contributed by atoms with Gasteiger partial charge in [0.05, 0.1) is 17.9 Å². The zero-order chi connectivity index (χ0) is 17.7. The molecule has 2 rings (SSSR count). The first-order valence-electron chi connectivity index (χ1n) is 7.91. The number of rotatable bonds is 6. The number of nitrogens with one attached hydrogen (secondary N) is 3. The molecule has 0 aromatic carbocycles. The summed E-state index contributed by atoms with van der Waals surface area (Å²) in [5, 5.41) is 11.0. The van der Waals surface area contributed by atoms with Crippen LogP contribution in [0.2, 0.25) is 0 Å². The number of thioether (sulfide) groups is 1. The molecule has 3 amide bonds. The van der Waals surface area contributed by atoms with Crippen molar-refractivity contribution in [2.24, 2.45) is 0 Å². The van der Waals surface area contributed by atoms with Gasteiger partial charge in [0.1, 0.15) is 0 Å². The molecule has 0 spiro atoms. The maximum absolute atomic E-state index is 12.1. The van der Waals surface area contributed by atoms with Gasteiger partial charge in [-0.25, -0.2) is 14.7 Å². The minimum atomic E-state index is -0.582. The van der Waals surface area contributed by atoms with E-state index in [0.29, 0.717) is 18.3 Å². The number of H-pyrrole nitrogens is 1. The lowest BCUT2D eigenvalue weighted by Gasteiger charge is -2.14. The number of carbonyl (C=O) groups is 2. The molecule has 0 radical (unpaired) electrons. The van der Waals surface area contributed by atoms with Gasteiger partial charge in [-0.1, -0.05) is 11.8 Å². The van der Waals surface area contributed by atoms with Gasteiger partial charge in [-0.3, -0.25) is 14.7 Å². The number of hydrogen-bond donors (Lipinski definition) is 3. The molecule has 0 unspecified atom stereocenters. The summed E-state index contributed by atoms with van der Waals surface area (Å²) >= 11 is 1.12. The van der Waals surface area contributed by atoms with Gasteiger partial charge in [0.2, 0.25) is 5.91 Å². The molecule has 0 aliphatic carbocycles. The summed E-state index contributed by atoms with van der Waals surface area (Å²) in [7, 11) is 0. The van der Waals surface area contributed by atoms with E-state index in [1.54, 1.807) is 20.8 Å². The second-order valence-corrected chi connectivity index (χ2v) is 7.24. The molecule has 10 heteroatoms. The third-order valence-electron chi connectivity index (χ3n) is 3.44. The van der Waals surface area contributed by atoms with Crippen molar-refractivity contribution in [1.82, 2.24) is 25.4 Å². The lowest BCUT2D eigenvalue weighted by atomic mass is 10.2. The monoisotopic (exact) mass is 357 g/mol. The number of nitrogens with zero attached hydrogens (tertiary/aromatic N) is 2. The summed E-state index contributed by atoms with van der Waals surface area (Å²) < 4.78 is 7.01. The lowest BCUT2D eigenvalue weighted by Crippen LogP contribution is -2.45. The molecule has 134 valence electrons. The average molecular weight is 357 g/mol. The van der Waals surface area contributed by atoms with E-state index in [4.69, 9.17) is 4.74 Å². The van der Waals surface area contributed by atoms with Crippen molar-refractivity contribution in [2.45, 2.75) is 62.7 Å². The number of urea groups is 1. The van der Waals surface area contributed by atoms with Crippen LogP contribution in [0.3, 0.4) is 0 Å². The zero-order valence-corrected chi connectivity index (χ0v) is 14.8. The van der Waals surface area contributed by atoms with Crippen molar-refractivity contribution in [3.05, 3.63) is 10.5 Å². The fourth-order valence-electron chi connectivity index (χ4n) is 2.27. The molecule has 2 heterocycles. The molecule has 1 aliphatic rings.